The second kappa shape index (κ2) is 7.14. The van der Waals surface area contributed by atoms with Crippen LogP contribution in [0.4, 0.5) is 0 Å². The predicted molar refractivity (Wildman–Crippen MR) is 96.6 cm³/mol. The Morgan fingerprint density at radius 1 is 1.28 bits per heavy atom. The lowest BCUT2D eigenvalue weighted by Gasteiger charge is -2.37. The van der Waals surface area contributed by atoms with E-state index in [9.17, 15) is 4.79 Å². The lowest BCUT2D eigenvalue weighted by molar-refractivity contribution is 0.0224. The van der Waals surface area contributed by atoms with Crippen molar-refractivity contribution in [2.75, 3.05) is 45.9 Å². The Labute approximate surface area is 148 Å². The quantitative estimate of drug-likeness (QED) is 0.853. The van der Waals surface area contributed by atoms with Gasteiger partial charge in [0.15, 0.2) is 0 Å². The number of fused-ring (bicyclic) bond motifs is 1. The van der Waals surface area contributed by atoms with E-state index in [0.29, 0.717) is 5.92 Å². The highest BCUT2D eigenvalue weighted by molar-refractivity contribution is 6.05. The number of benzene rings is 1. The molecule has 0 bridgehead atoms. The molecule has 1 aromatic heterocycles. The minimum atomic E-state index is 0.140. The van der Waals surface area contributed by atoms with Crippen LogP contribution in [0.3, 0.4) is 0 Å². The second-order valence-electron chi connectivity index (χ2n) is 7.20. The molecular weight excluding hydrogens is 316 g/mol. The number of ether oxygens (including phenoxy) is 1. The number of rotatable bonds is 3. The normalized spacial score (nSPS) is 22.4. The summed E-state index contributed by atoms with van der Waals surface area (Å²) in [5.41, 5.74) is 2.59. The number of hydrogen-bond acceptors (Lipinski definition) is 4. The van der Waals surface area contributed by atoms with Crippen molar-refractivity contribution in [2.24, 2.45) is 13.0 Å². The Balaban J connectivity index is 1.48. The summed E-state index contributed by atoms with van der Waals surface area (Å²) in [5, 5.41) is 0. The molecule has 1 amide bonds. The van der Waals surface area contributed by atoms with Gasteiger partial charge in [-0.3, -0.25) is 9.69 Å². The number of piperidine rings is 1. The lowest BCUT2D eigenvalue weighted by atomic mass is 9.96. The van der Waals surface area contributed by atoms with Crippen LogP contribution in [0.1, 0.15) is 23.2 Å². The summed E-state index contributed by atoms with van der Waals surface area (Å²) in [4.78, 5) is 22.0. The molecule has 4 rings (SSSR count). The number of amides is 1. The van der Waals surface area contributed by atoms with E-state index >= 15 is 0 Å². The van der Waals surface area contributed by atoms with Crippen LogP contribution in [0.15, 0.2) is 24.5 Å². The fourth-order valence-electron chi connectivity index (χ4n) is 4.10. The van der Waals surface area contributed by atoms with Gasteiger partial charge in [0.2, 0.25) is 0 Å². The van der Waals surface area contributed by atoms with Crippen molar-refractivity contribution in [3.63, 3.8) is 0 Å². The SMILES string of the molecule is Cn1cnc2cccc(C(=O)N3CCC[C@H](CN4CCOCC4)C3)c21. The van der Waals surface area contributed by atoms with Crippen molar-refractivity contribution in [1.82, 2.24) is 19.4 Å². The molecule has 134 valence electrons. The smallest absolute Gasteiger partial charge is 0.256 e. The van der Waals surface area contributed by atoms with E-state index in [1.54, 1.807) is 6.33 Å². The molecule has 3 heterocycles. The van der Waals surface area contributed by atoms with Crippen LogP contribution in [0.25, 0.3) is 11.0 Å². The van der Waals surface area contributed by atoms with Crippen LogP contribution in [0, 0.1) is 5.92 Å². The average Bonchev–Trinajstić information content (AvgIpc) is 3.04. The molecule has 0 N–H and O–H groups in total. The summed E-state index contributed by atoms with van der Waals surface area (Å²) in [5.74, 6) is 0.697. The molecule has 2 aliphatic rings. The lowest BCUT2D eigenvalue weighted by Crippen LogP contribution is -2.46. The number of hydrogen-bond donors (Lipinski definition) is 0. The van der Waals surface area contributed by atoms with Gasteiger partial charge in [0, 0.05) is 39.8 Å². The van der Waals surface area contributed by atoms with E-state index in [0.717, 1.165) is 69.0 Å². The first kappa shape index (κ1) is 16.5. The van der Waals surface area contributed by atoms with E-state index in [-0.39, 0.29) is 5.91 Å². The van der Waals surface area contributed by atoms with Gasteiger partial charge in [-0.2, -0.15) is 0 Å². The van der Waals surface area contributed by atoms with E-state index in [1.165, 1.54) is 6.42 Å². The van der Waals surface area contributed by atoms with E-state index < -0.39 is 0 Å². The van der Waals surface area contributed by atoms with Gasteiger partial charge in [-0.25, -0.2) is 4.98 Å². The predicted octanol–water partition coefficient (Wildman–Crippen LogP) is 1.76. The Kier molecular flexibility index (Phi) is 4.72. The third-order valence-electron chi connectivity index (χ3n) is 5.39. The van der Waals surface area contributed by atoms with E-state index in [2.05, 4.69) is 9.88 Å². The molecule has 0 aliphatic carbocycles. The van der Waals surface area contributed by atoms with Gasteiger partial charge in [-0.05, 0) is 30.9 Å². The maximum Gasteiger partial charge on any atom is 0.256 e. The van der Waals surface area contributed by atoms with Crippen molar-refractivity contribution in [1.29, 1.82) is 0 Å². The number of carbonyl (C=O) groups is 1. The molecule has 0 saturated carbocycles. The number of carbonyl (C=O) groups excluding carboxylic acids is 1. The summed E-state index contributed by atoms with van der Waals surface area (Å²) >= 11 is 0. The summed E-state index contributed by atoms with van der Waals surface area (Å²) in [6.07, 6.45) is 4.07. The molecule has 2 aromatic rings. The highest BCUT2D eigenvalue weighted by Crippen LogP contribution is 2.23. The van der Waals surface area contributed by atoms with Gasteiger partial charge in [0.05, 0.1) is 36.1 Å². The van der Waals surface area contributed by atoms with Crippen molar-refractivity contribution < 1.29 is 9.53 Å². The van der Waals surface area contributed by atoms with E-state index in [1.807, 2.05) is 34.7 Å². The number of para-hydroxylation sites is 1. The van der Waals surface area contributed by atoms with Crippen LogP contribution in [-0.4, -0.2) is 71.2 Å². The summed E-state index contributed by atoms with van der Waals surface area (Å²) in [6.45, 7) is 6.47. The van der Waals surface area contributed by atoms with Gasteiger partial charge in [0.25, 0.3) is 5.91 Å². The maximum absolute atomic E-state index is 13.2. The fourth-order valence-corrected chi connectivity index (χ4v) is 4.10. The first-order valence-corrected chi connectivity index (χ1v) is 9.22. The number of aryl methyl sites for hydroxylation is 1. The van der Waals surface area contributed by atoms with Crippen LogP contribution in [-0.2, 0) is 11.8 Å². The molecular formula is C19H26N4O2. The Morgan fingerprint density at radius 3 is 2.96 bits per heavy atom. The van der Waals surface area contributed by atoms with Crippen LogP contribution < -0.4 is 0 Å². The average molecular weight is 342 g/mol. The molecule has 0 spiro atoms. The monoisotopic (exact) mass is 342 g/mol. The maximum atomic E-state index is 13.2. The van der Waals surface area contributed by atoms with Gasteiger partial charge < -0.3 is 14.2 Å². The number of morpholine rings is 1. The van der Waals surface area contributed by atoms with Crippen molar-refractivity contribution in [3.8, 4) is 0 Å². The van der Waals surface area contributed by atoms with Crippen LogP contribution in [0.2, 0.25) is 0 Å². The number of imidazole rings is 1. The number of likely N-dealkylation sites (tertiary alicyclic amines) is 1. The zero-order chi connectivity index (χ0) is 17.2. The first-order valence-electron chi connectivity index (χ1n) is 9.22. The van der Waals surface area contributed by atoms with Gasteiger partial charge in [-0.15, -0.1) is 0 Å². The minimum absolute atomic E-state index is 0.140. The minimum Gasteiger partial charge on any atom is -0.379 e. The standard InChI is InChI=1S/C19H26N4O2/c1-21-14-20-17-6-2-5-16(18(17)21)19(24)23-7-3-4-15(13-23)12-22-8-10-25-11-9-22/h2,5-6,14-15H,3-4,7-13H2,1H3/t15-/m1/s1. The molecule has 2 saturated heterocycles. The van der Waals surface area contributed by atoms with Crippen molar-refractivity contribution >= 4 is 16.9 Å². The summed E-state index contributed by atoms with van der Waals surface area (Å²) in [6, 6.07) is 5.82. The Bertz CT molecular complexity index is 751. The highest BCUT2D eigenvalue weighted by Gasteiger charge is 2.27. The zero-order valence-corrected chi connectivity index (χ0v) is 14.9. The third-order valence-corrected chi connectivity index (χ3v) is 5.39. The number of aromatic nitrogens is 2. The molecule has 25 heavy (non-hydrogen) atoms. The van der Waals surface area contributed by atoms with Crippen LogP contribution in [0.5, 0.6) is 0 Å². The topological polar surface area (TPSA) is 50.6 Å². The summed E-state index contributed by atoms with van der Waals surface area (Å²) in [7, 11) is 1.95. The fraction of sp³-hybridized carbons (Fsp3) is 0.579. The molecule has 2 fully saturated rings. The second-order valence-corrected chi connectivity index (χ2v) is 7.20. The molecule has 2 aliphatic heterocycles. The highest BCUT2D eigenvalue weighted by atomic mass is 16.5. The third kappa shape index (κ3) is 3.41. The molecule has 6 heteroatoms. The Hall–Kier alpha value is -1.92. The largest absolute Gasteiger partial charge is 0.379 e. The zero-order valence-electron chi connectivity index (χ0n) is 14.9. The van der Waals surface area contributed by atoms with E-state index in [4.69, 9.17) is 4.74 Å². The van der Waals surface area contributed by atoms with Gasteiger partial charge in [0.1, 0.15) is 0 Å². The Morgan fingerprint density at radius 2 is 2.12 bits per heavy atom. The number of nitrogens with zero attached hydrogens (tertiary/aromatic N) is 4. The molecule has 0 unspecified atom stereocenters. The summed E-state index contributed by atoms with van der Waals surface area (Å²) < 4.78 is 7.38. The first-order chi connectivity index (χ1) is 12.2. The van der Waals surface area contributed by atoms with Crippen LogP contribution >= 0.6 is 0 Å². The molecule has 0 radical (unpaired) electrons. The van der Waals surface area contributed by atoms with Crippen molar-refractivity contribution in [2.45, 2.75) is 12.8 Å². The molecule has 1 aromatic carbocycles. The van der Waals surface area contributed by atoms with Crippen molar-refractivity contribution in [3.05, 3.63) is 30.1 Å². The van der Waals surface area contributed by atoms with Gasteiger partial charge in [-0.1, -0.05) is 6.07 Å². The molecule has 1 atom stereocenters. The molecule has 6 nitrogen and oxygen atoms in total. The van der Waals surface area contributed by atoms with Gasteiger partial charge >= 0.3 is 0 Å².